The van der Waals surface area contributed by atoms with Crippen molar-refractivity contribution in [2.24, 2.45) is 0 Å². The Morgan fingerprint density at radius 3 is 2.65 bits per heavy atom. The average molecular weight is 237 g/mol. The van der Waals surface area contributed by atoms with E-state index in [0.717, 1.165) is 12.0 Å². The molecular formula is C13H19NO3. The molecule has 0 aliphatic rings. The average Bonchev–Trinajstić information content (AvgIpc) is 2.37. The van der Waals surface area contributed by atoms with E-state index in [1.54, 1.807) is 7.05 Å². The molecule has 94 valence electrons. The van der Waals surface area contributed by atoms with Gasteiger partial charge in [0.25, 0.3) is 0 Å². The Bertz CT molecular complexity index is 327. The van der Waals surface area contributed by atoms with E-state index in [2.05, 4.69) is 0 Å². The van der Waals surface area contributed by atoms with Crippen LogP contribution >= 0.6 is 0 Å². The third-order valence-electron chi connectivity index (χ3n) is 2.42. The van der Waals surface area contributed by atoms with E-state index in [0.29, 0.717) is 19.6 Å². The summed E-state index contributed by atoms with van der Waals surface area (Å²) in [5, 5.41) is 8.64. The minimum atomic E-state index is -0.327. The molecule has 0 aliphatic heterocycles. The molecule has 4 nitrogen and oxygen atoms in total. The molecule has 0 aromatic heterocycles. The highest BCUT2D eigenvalue weighted by atomic mass is 16.6. The van der Waals surface area contributed by atoms with Gasteiger partial charge in [-0.15, -0.1) is 0 Å². The maximum Gasteiger partial charge on any atom is 0.409 e. The lowest BCUT2D eigenvalue weighted by atomic mass is 10.2. The first-order chi connectivity index (χ1) is 8.24. The van der Waals surface area contributed by atoms with Gasteiger partial charge in [-0.1, -0.05) is 30.3 Å². The van der Waals surface area contributed by atoms with Gasteiger partial charge < -0.3 is 14.7 Å². The van der Waals surface area contributed by atoms with Crippen LogP contribution in [0.1, 0.15) is 18.4 Å². The summed E-state index contributed by atoms with van der Waals surface area (Å²) < 4.78 is 5.15. The molecule has 17 heavy (non-hydrogen) atoms. The topological polar surface area (TPSA) is 49.8 Å². The minimum Gasteiger partial charge on any atom is -0.445 e. The Morgan fingerprint density at radius 2 is 2.00 bits per heavy atom. The van der Waals surface area contributed by atoms with Crippen LogP contribution in [0.15, 0.2) is 30.3 Å². The van der Waals surface area contributed by atoms with Gasteiger partial charge in [-0.2, -0.15) is 0 Å². The van der Waals surface area contributed by atoms with Crippen molar-refractivity contribution in [1.29, 1.82) is 0 Å². The van der Waals surface area contributed by atoms with Crippen molar-refractivity contribution in [2.75, 3.05) is 20.2 Å². The second-order valence-corrected chi connectivity index (χ2v) is 3.89. The number of amides is 1. The third-order valence-corrected chi connectivity index (χ3v) is 2.42. The summed E-state index contributed by atoms with van der Waals surface area (Å²) in [5.41, 5.74) is 0.976. The van der Waals surface area contributed by atoms with Gasteiger partial charge >= 0.3 is 6.09 Å². The first-order valence-corrected chi connectivity index (χ1v) is 5.76. The maximum atomic E-state index is 11.6. The normalized spacial score (nSPS) is 10.0. The van der Waals surface area contributed by atoms with Crippen LogP contribution in [0.5, 0.6) is 0 Å². The number of rotatable bonds is 6. The van der Waals surface area contributed by atoms with Crippen molar-refractivity contribution in [2.45, 2.75) is 19.4 Å². The lowest BCUT2D eigenvalue weighted by molar-refractivity contribution is 0.103. The van der Waals surface area contributed by atoms with E-state index < -0.39 is 0 Å². The molecule has 0 bridgehead atoms. The Kier molecular flexibility index (Phi) is 6.10. The van der Waals surface area contributed by atoms with E-state index in [1.807, 2.05) is 30.3 Å². The molecule has 1 aromatic rings. The standard InChI is InChI=1S/C13H19NO3/c1-14(9-5-6-10-15)13(16)17-11-12-7-3-2-4-8-12/h2-4,7-8,15H,5-6,9-11H2,1H3. The van der Waals surface area contributed by atoms with Gasteiger partial charge in [-0.25, -0.2) is 4.79 Å². The quantitative estimate of drug-likeness (QED) is 0.770. The highest BCUT2D eigenvalue weighted by molar-refractivity contribution is 5.67. The number of unbranched alkanes of at least 4 members (excludes halogenated alkanes) is 1. The van der Waals surface area contributed by atoms with Gasteiger partial charge in [0, 0.05) is 20.2 Å². The van der Waals surface area contributed by atoms with Crippen LogP contribution in [0.3, 0.4) is 0 Å². The molecule has 0 saturated carbocycles. The molecule has 0 unspecified atom stereocenters. The van der Waals surface area contributed by atoms with E-state index >= 15 is 0 Å². The van der Waals surface area contributed by atoms with Crippen molar-refractivity contribution in [1.82, 2.24) is 4.90 Å². The molecule has 1 N–H and O–H groups in total. The molecule has 4 heteroatoms. The van der Waals surface area contributed by atoms with Crippen LogP contribution in [0.2, 0.25) is 0 Å². The number of aliphatic hydroxyl groups is 1. The lowest BCUT2D eigenvalue weighted by Gasteiger charge is -2.16. The molecule has 0 aliphatic carbocycles. The molecule has 1 rings (SSSR count). The molecule has 0 radical (unpaired) electrons. The van der Waals surface area contributed by atoms with Crippen molar-refractivity contribution in [3.8, 4) is 0 Å². The Hall–Kier alpha value is -1.55. The van der Waals surface area contributed by atoms with E-state index in [1.165, 1.54) is 4.90 Å². The fraction of sp³-hybridized carbons (Fsp3) is 0.462. The number of benzene rings is 1. The van der Waals surface area contributed by atoms with Gasteiger partial charge in [-0.05, 0) is 18.4 Å². The molecule has 1 aromatic carbocycles. The number of nitrogens with zero attached hydrogens (tertiary/aromatic N) is 1. The second-order valence-electron chi connectivity index (χ2n) is 3.89. The number of hydrogen-bond acceptors (Lipinski definition) is 3. The van der Waals surface area contributed by atoms with Gasteiger partial charge in [0.2, 0.25) is 0 Å². The fourth-order valence-electron chi connectivity index (χ4n) is 1.38. The largest absolute Gasteiger partial charge is 0.445 e. The van der Waals surface area contributed by atoms with Gasteiger partial charge in [0.05, 0.1) is 0 Å². The number of carbonyl (C=O) groups excluding carboxylic acids is 1. The monoisotopic (exact) mass is 237 g/mol. The zero-order chi connectivity index (χ0) is 12.5. The predicted octanol–water partition coefficient (Wildman–Crippen LogP) is 2.03. The zero-order valence-corrected chi connectivity index (χ0v) is 10.1. The Morgan fingerprint density at radius 1 is 1.29 bits per heavy atom. The summed E-state index contributed by atoms with van der Waals surface area (Å²) >= 11 is 0. The first-order valence-electron chi connectivity index (χ1n) is 5.76. The number of carbonyl (C=O) groups is 1. The molecule has 0 heterocycles. The number of ether oxygens (including phenoxy) is 1. The van der Waals surface area contributed by atoms with E-state index in [4.69, 9.17) is 9.84 Å². The summed E-state index contributed by atoms with van der Waals surface area (Å²) in [6.07, 6.45) is 1.16. The minimum absolute atomic E-state index is 0.160. The smallest absolute Gasteiger partial charge is 0.409 e. The molecule has 0 atom stereocenters. The van der Waals surface area contributed by atoms with E-state index in [9.17, 15) is 4.79 Å². The second kappa shape index (κ2) is 7.68. The fourth-order valence-corrected chi connectivity index (χ4v) is 1.38. The van der Waals surface area contributed by atoms with Crippen LogP contribution in [-0.2, 0) is 11.3 Å². The molecule has 0 spiro atoms. The maximum absolute atomic E-state index is 11.6. The van der Waals surface area contributed by atoms with E-state index in [-0.39, 0.29) is 12.7 Å². The highest BCUT2D eigenvalue weighted by Gasteiger charge is 2.09. The Labute approximate surface area is 102 Å². The van der Waals surface area contributed by atoms with Crippen molar-refractivity contribution in [3.05, 3.63) is 35.9 Å². The summed E-state index contributed by atoms with van der Waals surface area (Å²) in [4.78, 5) is 13.1. The zero-order valence-electron chi connectivity index (χ0n) is 10.1. The van der Waals surface area contributed by atoms with Gasteiger partial charge in [0.15, 0.2) is 0 Å². The summed E-state index contributed by atoms with van der Waals surface area (Å²) in [6.45, 7) is 1.06. The highest BCUT2D eigenvalue weighted by Crippen LogP contribution is 2.03. The van der Waals surface area contributed by atoms with Crippen LogP contribution in [0.25, 0.3) is 0 Å². The van der Waals surface area contributed by atoms with Crippen molar-refractivity contribution >= 4 is 6.09 Å². The Balaban J connectivity index is 2.24. The van der Waals surface area contributed by atoms with Crippen LogP contribution in [-0.4, -0.2) is 36.3 Å². The first kappa shape index (κ1) is 13.5. The van der Waals surface area contributed by atoms with Gasteiger partial charge in [-0.3, -0.25) is 0 Å². The van der Waals surface area contributed by atoms with Crippen molar-refractivity contribution in [3.63, 3.8) is 0 Å². The molecule has 1 amide bonds. The summed E-state index contributed by atoms with van der Waals surface area (Å²) in [7, 11) is 1.70. The summed E-state index contributed by atoms with van der Waals surface area (Å²) in [5.74, 6) is 0. The number of aliphatic hydroxyl groups excluding tert-OH is 1. The van der Waals surface area contributed by atoms with Crippen LogP contribution in [0, 0.1) is 0 Å². The SMILES string of the molecule is CN(CCCCO)C(=O)OCc1ccccc1. The van der Waals surface area contributed by atoms with Crippen LogP contribution < -0.4 is 0 Å². The van der Waals surface area contributed by atoms with Crippen LogP contribution in [0.4, 0.5) is 4.79 Å². The lowest BCUT2D eigenvalue weighted by Crippen LogP contribution is -2.28. The van der Waals surface area contributed by atoms with Crippen molar-refractivity contribution < 1.29 is 14.6 Å². The number of hydrogen-bond donors (Lipinski definition) is 1. The third kappa shape index (κ3) is 5.36. The molecule has 0 saturated heterocycles. The predicted molar refractivity (Wildman–Crippen MR) is 65.6 cm³/mol. The van der Waals surface area contributed by atoms with Gasteiger partial charge in [0.1, 0.15) is 6.61 Å². The molecule has 0 fully saturated rings. The molecular weight excluding hydrogens is 218 g/mol. The summed E-state index contributed by atoms with van der Waals surface area (Å²) in [6, 6.07) is 9.58.